The van der Waals surface area contributed by atoms with Gasteiger partial charge in [-0.15, -0.1) is 0 Å². The van der Waals surface area contributed by atoms with Crippen LogP contribution >= 0.6 is 31.9 Å². The summed E-state index contributed by atoms with van der Waals surface area (Å²) in [6.45, 7) is 1.49. The Bertz CT molecular complexity index is 305. The summed E-state index contributed by atoms with van der Waals surface area (Å²) in [6, 6.07) is 0. The lowest BCUT2D eigenvalue weighted by Gasteiger charge is -2.13. The van der Waals surface area contributed by atoms with Gasteiger partial charge in [0.2, 0.25) is 0 Å². The van der Waals surface area contributed by atoms with Crippen LogP contribution in [0, 0.1) is 0 Å². The van der Waals surface area contributed by atoms with Gasteiger partial charge >= 0.3 is 0 Å². The lowest BCUT2D eigenvalue weighted by atomic mass is 10.5. The fraction of sp³-hybridized carbons (Fsp3) is 0.556. The summed E-state index contributed by atoms with van der Waals surface area (Å²) in [5.41, 5.74) is 0. The van der Waals surface area contributed by atoms with E-state index in [0.717, 1.165) is 4.90 Å². The van der Waals surface area contributed by atoms with Crippen molar-refractivity contribution < 1.29 is 19.1 Å². The maximum atomic E-state index is 11.5. The minimum Gasteiger partial charge on any atom is -0.382 e. The van der Waals surface area contributed by atoms with Gasteiger partial charge in [0.05, 0.1) is 26.4 Å². The van der Waals surface area contributed by atoms with Crippen LogP contribution in [0.25, 0.3) is 0 Å². The van der Waals surface area contributed by atoms with Crippen molar-refractivity contribution in [2.24, 2.45) is 0 Å². The summed E-state index contributed by atoms with van der Waals surface area (Å²) in [6.07, 6.45) is 0. The number of hydrogen-bond donors (Lipinski definition) is 0. The maximum absolute atomic E-state index is 11.5. The van der Waals surface area contributed by atoms with Crippen LogP contribution in [-0.4, -0.2) is 50.2 Å². The van der Waals surface area contributed by atoms with Crippen molar-refractivity contribution >= 4 is 43.7 Å². The second-order valence-electron chi connectivity index (χ2n) is 3.00. The molecule has 0 radical (unpaired) electrons. The summed E-state index contributed by atoms with van der Waals surface area (Å²) >= 11 is 6.09. The van der Waals surface area contributed by atoms with E-state index in [9.17, 15) is 9.59 Å². The molecule has 5 nitrogen and oxygen atoms in total. The number of imide groups is 1. The quantitative estimate of drug-likeness (QED) is 0.526. The zero-order chi connectivity index (χ0) is 12.1. The summed E-state index contributed by atoms with van der Waals surface area (Å²) in [5, 5.41) is 0. The number of halogens is 2. The van der Waals surface area contributed by atoms with Gasteiger partial charge in [0.25, 0.3) is 11.8 Å². The second-order valence-corrected chi connectivity index (χ2v) is 4.58. The van der Waals surface area contributed by atoms with Crippen LogP contribution in [0.5, 0.6) is 0 Å². The Morgan fingerprint density at radius 2 is 1.62 bits per heavy atom. The minimum atomic E-state index is -0.341. The predicted molar refractivity (Wildman–Crippen MR) is 64.3 cm³/mol. The molecule has 0 atom stereocenters. The normalized spacial score (nSPS) is 16.6. The Hall–Kier alpha value is -0.240. The lowest BCUT2D eigenvalue weighted by molar-refractivity contribution is -0.137. The summed E-state index contributed by atoms with van der Waals surface area (Å²) in [7, 11) is 1.58. The highest BCUT2D eigenvalue weighted by Crippen LogP contribution is 2.28. The Kier molecular flexibility index (Phi) is 5.60. The molecule has 0 unspecified atom stereocenters. The van der Waals surface area contributed by atoms with Crippen LogP contribution in [0.3, 0.4) is 0 Å². The van der Waals surface area contributed by atoms with E-state index >= 15 is 0 Å². The Labute approximate surface area is 110 Å². The fourth-order valence-electron chi connectivity index (χ4n) is 1.12. The van der Waals surface area contributed by atoms with Gasteiger partial charge < -0.3 is 9.47 Å². The molecule has 0 bridgehead atoms. The summed E-state index contributed by atoms with van der Waals surface area (Å²) < 4.78 is 10.5. The van der Waals surface area contributed by atoms with Gasteiger partial charge in [-0.3, -0.25) is 14.5 Å². The van der Waals surface area contributed by atoms with Crippen LogP contribution in [0.1, 0.15) is 0 Å². The molecule has 1 rings (SSSR count). The minimum absolute atomic E-state index is 0.242. The molecule has 0 fully saturated rings. The van der Waals surface area contributed by atoms with E-state index in [1.54, 1.807) is 7.11 Å². The van der Waals surface area contributed by atoms with Crippen LogP contribution in [-0.2, 0) is 19.1 Å². The van der Waals surface area contributed by atoms with Gasteiger partial charge in [-0.05, 0) is 31.9 Å². The van der Waals surface area contributed by atoms with Crippen molar-refractivity contribution in [1.29, 1.82) is 0 Å². The number of nitrogens with zero attached hydrogens (tertiary/aromatic N) is 1. The SMILES string of the molecule is COCCOCCN1C(=O)C(Br)=C(Br)C1=O. The van der Waals surface area contributed by atoms with Crippen molar-refractivity contribution in [2.75, 3.05) is 33.5 Å². The molecule has 0 N–H and O–H groups in total. The van der Waals surface area contributed by atoms with E-state index in [4.69, 9.17) is 9.47 Å². The highest BCUT2D eigenvalue weighted by molar-refractivity contribution is 9.14. The molecule has 0 aromatic rings. The summed E-state index contributed by atoms with van der Waals surface area (Å²) in [4.78, 5) is 24.2. The number of carbonyl (C=O) groups excluding carboxylic acids is 2. The fourth-order valence-corrected chi connectivity index (χ4v) is 1.89. The molecule has 2 amide bonds. The van der Waals surface area contributed by atoms with Crippen molar-refractivity contribution in [3.8, 4) is 0 Å². The topological polar surface area (TPSA) is 55.8 Å². The van der Waals surface area contributed by atoms with Gasteiger partial charge in [0.15, 0.2) is 0 Å². The molecule has 0 aromatic heterocycles. The lowest BCUT2D eigenvalue weighted by Crippen LogP contribution is -2.34. The standard InChI is InChI=1S/C9H11Br2NO4/c1-15-4-5-16-3-2-12-8(13)6(10)7(11)9(12)14/h2-5H2,1H3. The molecule has 0 aliphatic carbocycles. The monoisotopic (exact) mass is 355 g/mol. The first-order valence-corrected chi connectivity index (χ1v) is 6.16. The van der Waals surface area contributed by atoms with Crippen molar-refractivity contribution in [1.82, 2.24) is 4.90 Å². The van der Waals surface area contributed by atoms with E-state index in [0.29, 0.717) is 19.8 Å². The van der Waals surface area contributed by atoms with Gasteiger partial charge in [-0.1, -0.05) is 0 Å². The average molecular weight is 357 g/mol. The number of rotatable bonds is 6. The molecule has 16 heavy (non-hydrogen) atoms. The third-order valence-electron chi connectivity index (χ3n) is 1.95. The Morgan fingerprint density at radius 3 is 2.12 bits per heavy atom. The molecular weight excluding hydrogens is 346 g/mol. The zero-order valence-corrected chi connectivity index (χ0v) is 11.8. The van der Waals surface area contributed by atoms with E-state index < -0.39 is 0 Å². The largest absolute Gasteiger partial charge is 0.382 e. The van der Waals surface area contributed by atoms with E-state index in [2.05, 4.69) is 31.9 Å². The third kappa shape index (κ3) is 3.13. The number of amides is 2. The average Bonchev–Trinajstić information content (AvgIpc) is 2.46. The van der Waals surface area contributed by atoms with E-state index in [-0.39, 0.29) is 27.3 Å². The maximum Gasteiger partial charge on any atom is 0.269 e. The molecular formula is C9H11Br2NO4. The highest BCUT2D eigenvalue weighted by atomic mass is 79.9. The third-order valence-corrected chi connectivity index (χ3v) is 3.95. The molecule has 0 saturated heterocycles. The van der Waals surface area contributed by atoms with Crippen molar-refractivity contribution in [3.63, 3.8) is 0 Å². The zero-order valence-electron chi connectivity index (χ0n) is 8.66. The number of methoxy groups -OCH3 is 1. The van der Waals surface area contributed by atoms with Crippen molar-refractivity contribution in [2.45, 2.75) is 0 Å². The van der Waals surface area contributed by atoms with E-state index in [1.807, 2.05) is 0 Å². The van der Waals surface area contributed by atoms with Gasteiger partial charge in [0, 0.05) is 7.11 Å². The number of hydrogen-bond acceptors (Lipinski definition) is 4. The molecule has 1 aliphatic heterocycles. The van der Waals surface area contributed by atoms with Gasteiger partial charge in [-0.2, -0.15) is 0 Å². The molecule has 0 saturated carbocycles. The van der Waals surface area contributed by atoms with Gasteiger partial charge in [-0.25, -0.2) is 0 Å². The molecule has 1 heterocycles. The van der Waals surface area contributed by atoms with Crippen LogP contribution in [0.4, 0.5) is 0 Å². The van der Waals surface area contributed by atoms with Gasteiger partial charge in [0.1, 0.15) is 8.96 Å². The smallest absolute Gasteiger partial charge is 0.269 e. The van der Waals surface area contributed by atoms with Crippen LogP contribution in [0.2, 0.25) is 0 Å². The number of ether oxygens (including phenoxy) is 2. The first-order valence-electron chi connectivity index (χ1n) is 4.57. The molecule has 0 aromatic carbocycles. The molecule has 0 spiro atoms. The van der Waals surface area contributed by atoms with Crippen molar-refractivity contribution in [3.05, 3.63) is 8.96 Å². The predicted octanol–water partition coefficient (Wildman–Crippen LogP) is 1.02. The first-order chi connectivity index (χ1) is 7.59. The molecule has 90 valence electrons. The Morgan fingerprint density at radius 1 is 1.06 bits per heavy atom. The molecule has 1 aliphatic rings. The number of carbonyl (C=O) groups is 2. The highest BCUT2D eigenvalue weighted by Gasteiger charge is 2.35. The van der Waals surface area contributed by atoms with Crippen LogP contribution in [0.15, 0.2) is 8.96 Å². The second kappa shape index (κ2) is 6.48. The first kappa shape index (κ1) is 13.8. The molecule has 7 heteroatoms. The van der Waals surface area contributed by atoms with E-state index in [1.165, 1.54) is 0 Å². The van der Waals surface area contributed by atoms with Crippen LogP contribution < -0.4 is 0 Å². The Balaban J connectivity index is 2.35. The summed E-state index contributed by atoms with van der Waals surface area (Å²) in [5.74, 6) is -0.681.